The van der Waals surface area contributed by atoms with Crippen molar-refractivity contribution in [1.82, 2.24) is 0 Å². The number of rotatable bonds is 15. The van der Waals surface area contributed by atoms with Crippen LogP contribution in [0.15, 0.2) is 0 Å². The van der Waals surface area contributed by atoms with Crippen LogP contribution in [-0.2, 0) is 4.79 Å². The van der Waals surface area contributed by atoms with Crippen molar-refractivity contribution in [2.75, 3.05) is 0 Å². The third-order valence-electron chi connectivity index (χ3n) is 3.68. The molecule has 0 radical (unpaired) electrons. The Labute approximate surface area is 164 Å². The molecule has 0 aliphatic heterocycles. The molecule has 0 N–H and O–H groups in total. The normalized spacial score (nSPS) is 10.2. The van der Waals surface area contributed by atoms with Crippen molar-refractivity contribution in [3.8, 4) is 0 Å². The zero-order chi connectivity index (χ0) is 13.3. The van der Waals surface area contributed by atoms with E-state index in [1.54, 1.807) is 0 Å². The van der Waals surface area contributed by atoms with Gasteiger partial charge in [0.15, 0.2) is 0 Å². The molecule has 19 heavy (non-hydrogen) atoms. The summed E-state index contributed by atoms with van der Waals surface area (Å²) >= 11 is 0. The van der Waals surface area contributed by atoms with E-state index in [0.717, 1.165) is 19.1 Å². The van der Waals surface area contributed by atoms with Crippen molar-refractivity contribution >= 4 is 57.7 Å². The Morgan fingerprint density at radius 3 is 1.21 bits per heavy atom. The summed E-state index contributed by atoms with van der Waals surface area (Å²) in [4.78, 5) is 10.1. The Morgan fingerprint density at radius 2 is 0.895 bits per heavy atom. The summed E-state index contributed by atoms with van der Waals surface area (Å²) in [6.45, 7) is 2.28. The van der Waals surface area contributed by atoms with Gasteiger partial charge in [-0.1, -0.05) is 90.4 Å². The number of hydrogen-bond acceptors (Lipinski definition) is 1. The van der Waals surface area contributed by atoms with E-state index in [0.29, 0.717) is 0 Å². The Balaban J connectivity index is 0. The first-order chi connectivity index (χ1) is 8.91. The van der Waals surface area contributed by atoms with Gasteiger partial charge in [0, 0.05) is 6.42 Å². The summed E-state index contributed by atoms with van der Waals surface area (Å²) in [5, 5.41) is 0. The van der Waals surface area contributed by atoms with Gasteiger partial charge in [0.05, 0.1) is 0 Å². The van der Waals surface area contributed by atoms with E-state index in [-0.39, 0.29) is 51.4 Å². The molecule has 0 atom stereocenters. The van der Waals surface area contributed by atoms with Crippen LogP contribution in [0.25, 0.3) is 0 Å². The fraction of sp³-hybridized carbons (Fsp3) is 0.941. The molecule has 0 aromatic carbocycles. The molecule has 0 aliphatic rings. The van der Waals surface area contributed by atoms with Crippen LogP contribution in [0.5, 0.6) is 0 Å². The molecule has 0 rings (SSSR count). The number of hydrogen-bond donors (Lipinski definition) is 0. The van der Waals surface area contributed by atoms with Gasteiger partial charge >= 0.3 is 51.4 Å². The molecule has 0 aromatic heterocycles. The third-order valence-corrected chi connectivity index (χ3v) is 3.68. The number of aldehydes is 1. The monoisotopic (exact) mass is 294 g/mol. The van der Waals surface area contributed by atoms with Gasteiger partial charge in [-0.05, 0) is 6.42 Å². The quantitative estimate of drug-likeness (QED) is 0.224. The first kappa shape index (κ1) is 22.6. The predicted molar refractivity (Wildman–Crippen MR) is 88.1 cm³/mol. The van der Waals surface area contributed by atoms with Crippen LogP contribution in [0.4, 0.5) is 0 Å². The van der Waals surface area contributed by atoms with Crippen LogP contribution in [0.3, 0.4) is 0 Å². The second kappa shape index (κ2) is 21.6. The predicted octanol–water partition coefficient (Wildman–Crippen LogP) is 5.41. The van der Waals surface area contributed by atoms with Crippen LogP contribution < -0.4 is 0 Å². The van der Waals surface area contributed by atoms with Crippen LogP contribution in [0.2, 0.25) is 0 Å². The molecule has 110 valence electrons. The Bertz CT molecular complexity index is 159. The Hall–Kier alpha value is 1.31. The molecule has 0 bridgehead atoms. The van der Waals surface area contributed by atoms with Crippen molar-refractivity contribution in [1.29, 1.82) is 0 Å². The first-order valence-corrected chi connectivity index (χ1v) is 8.35. The van der Waals surface area contributed by atoms with Crippen molar-refractivity contribution < 1.29 is 4.79 Å². The molecule has 0 amide bonds. The molecule has 0 aromatic rings. The standard InChI is InChI=1S/C17H34O.K.H/c1-2-3-4-5-6-7-8-9-10-11-12-13-14-15-16-17-18;;/h17H,2-16H2,1H3;;. The van der Waals surface area contributed by atoms with E-state index >= 15 is 0 Å². The average molecular weight is 295 g/mol. The van der Waals surface area contributed by atoms with Crippen molar-refractivity contribution in [2.45, 2.75) is 103 Å². The third kappa shape index (κ3) is 21.7. The van der Waals surface area contributed by atoms with Gasteiger partial charge in [-0.15, -0.1) is 0 Å². The van der Waals surface area contributed by atoms with E-state index in [4.69, 9.17) is 0 Å². The Morgan fingerprint density at radius 1 is 0.579 bits per heavy atom. The fourth-order valence-corrected chi connectivity index (χ4v) is 2.42. The molecule has 2 heteroatoms. The molecule has 0 saturated heterocycles. The molecule has 1 nitrogen and oxygen atoms in total. The van der Waals surface area contributed by atoms with Gasteiger partial charge < -0.3 is 4.79 Å². The van der Waals surface area contributed by atoms with E-state index < -0.39 is 0 Å². The second-order valence-corrected chi connectivity index (χ2v) is 5.55. The maximum absolute atomic E-state index is 10.1. The first-order valence-electron chi connectivity index (χ1n) is 8.35. The van der Waals surface area contributed by atoms with Crippen LogP contribution in [0, 0.1) is 0 Å². The van der Waals surface area contributed by atoms with Gasteiger partial charge in [-0.3, -0.25) is 0 Å². The maximum atomic E-state index is 10.1. The number of carbonyl (C=O) groups is 1. The van der Waals surface area contributed by atoms with Crippen molar-refractivity contribution in [3.05, 3.63) is 0 Å². The Kier molecular flexibility index (Phi) is 25.7. The summed E-state index contributed by atoms with van der Waals surface area (Å²) in [7, 11) is 0. The second-order valence-electron chi connectivity index (χ2n) is 5.55. The zero-order valence-corrected chi connectivity index (χ0v) is 12.6. The molecular formula is C17H35KO. The average Bonchev–Trinajstić information content (AvgIpc) is 2.39. The fourth-order valence-electron chi connectivity index (χ4n) is 2.42. The van der Waals surface area contributed by atoms with E-state index in [1.807, 2.05) is 0 Å². The zero-order valence-electron chi connectivity index (χ0n) is 12.6. The minimum atomic E-state index is 0. The molecule has 0 heterocycles. The summed E-state index contributed by atoms with van der Waals surface area (Å²) in [5.41, 5.74) is 0. The molecule has 0 saturated carbocycles. The summed E-state index contributed by atoms with van der Waals surface area (Å²) in [6, 6.07) is 0. The molecule has 0 fully saturated rings. The van der Waals surface area contributed by atoms with E-state index in [1.165, 1.54) is 83.5 Å². The number of unbranched alkanes of at least 4 members (excludes halogenated alkanes) is 14. The van der Waals surface area contributed by atoms with Crippen LogP contribution in [0.1, 0.15) is 103 Å². The minimum absolute atomic E-state index is 0. The van der Waals surface area contributed by atoms with E-state index in [9.17, 15) is 4.79 Å². The number of carbonyl (C=O) groups excluding carboxylic acids is 1. The van der Waals surface area contributed by atoms with Gasteiger partial charge in [0.2, 0.25) is 0 Å². The molecule has 0 spiro atoms. The topological polar surface area (TPSA) is 17.1 Å². The van der Waals surface area contributed by atoms with Crippen molar-refractivity contribution in [3.63, 3.8) is 0 Å². The van der Waals surface area contributed by atoms with Gasteiger partial charge in [0.1, 0.15) is 6.29 Å². The van der Waals surface area contributed by atoms with E-state index in [2.05, 4.69) is 6.92 Å². The molecule has 0 aliphatic carbocycles. The van der Waals surface area contributed by atoms with Crippen LogP contribution >= 0.6 is 0 Å². The van der Waals surface area contributed by atoms with Crippen LogP contribution in [-0.4, -0.2) is 57.7 Å². The van der Waals surface area contributed by atoms with Crippen molar-refractivity contribution in [2.24, 2.45) is 0 Å². The molecular weight excluding hydrogens is 259 g/mol. The molecule has 0 unspecified atom stereocenters. The van der Waals surface area contributed by atoms with Gasteiger partial charge in [-0.25, -0.2) is 0 Å². The van der Waals surface area contributed by atoms with Gasteiger partial charge in [0.25, 0.3) is 0 Å². The summed E-state index contributed by atoms with van der Waals surface area (Å²) in [5.74, 6) is 0. The summed E-state index contributed by atoms with van der Waals surface area (Å²) < 4.78 is 0. The summed E-state index contributed by atoms with van der Waals surface area (Å²) in [6.07, 6.45) is 21.1. The SMILES string of the molecule is CCCCCCCCCCCCCCCCC=O.[KH]. The van der Waals surface area contributed by atoms with Gasteiger partial charge in [-0.2, -0.15) is 0 Å².